The van der Waals surface area contributed by atoms with E-state index in [1.165, 1.54) is 11.3 Å². The minimum Gasteiger partial charge on any atom is -0.336 e. The first kappa shape index (κ1) is 19.6. The number of amides is 1. The average molecular weight is 436 g/mol. The van der Waals surface area contributed by atoms with Crippen molar-refractivity contribution in [1.82, 2.24) is 29.3 Å². The Labute approximate surface area is 181 Å². The first-order valence-corrected chi connectivity index (χ1v) is 10.8. The minimum atomic E-state index is -0.0609. The summed E-state index contributed by atoms with van der Waals surface area (Å²) in [6.07, 6.45) is 1.74. The van der Waals surface area contributed by atoms with Crippen LogP contribution in [0.2, 0.25) is 0 Å². The number of aromatic nitrogens is 4. The van der Waals surface area contributed by atoms with Crippen LogP contribution in [0.25, 0.3) is 16.4 Å². The molecule has 0 aliphatic carbocycles. The monoisotopic (exact) mass is 436 g/mol. The predicted octanol–water partition coefficient (Wildman–Crippen LogP) is 2.07. The number of nitrogens with zero attached hydrogens (tertiary/aromatic N) is 6. The minimum absolute atomic E-state index is 0.00397. The standard InChI is InChI=1S/C21H20N6O3S/c1-14-22-19(30-24-14)15-2-4-16(5-3-15)20(29)26-8-6-25(7-9-26)13-17-12-18(28)27-10-11-31-21(27)23-17/h2-5,10-12H,6-9,13H2,1H3. The van der Waals surface area contributed by atoms with E-state index in [2.05, 4.69) is 20.0 Å². The topological polar surface area (TPSA) is 96.8 Å². The molecule has 0 N–H and O–H groups in total. The third-order valence-corrected chi connectivity index (χ3v) is 6.06. The zero-order valence-electron chi connectivity index (χ0n) is 16.9. The highest BCUT2D eigenvalue weighted by molar-refractivity contribution is 7.15. The van der Waals surface area contributed by atoms with Crippen LogP contribution >= 0.6 is 11.3 Å². The number of fused-ring (bicyclic) bond motifs is 1. The maximum absolute atomic E-state index is 12.9. The van der Waals surface area contributed by atoms with Crippen LogP contribution in [0.1, 0.15) is 21.9 Å². The van der Waals surface area contributed by atoms with E-state index in [4.69, 9.17) is 4.52 Å². The summed E-state index contributed by atoms with van der Waals surface area (Å²) >= 11 is 1.45. The fourth-order valence-corrected chi connectivity index (χ4v) is 4.40. The summed E-state index contributed by atoms with van der Waals surface area (Å²) in [7, 11) is 0. The Hall–Kier alpha value is -3.37. The molecule has 1 fully saturated rings. The van der Waals surface area contributed by atoms with E-state index in [0.29, 0.717) is 41.9 Å². The second-order valence-electron chi connectivity index (χ2n) is 7.43. The molecular weight excluding hydrogens is 416 g/mol. The third-order valence-electron chi connectivity index (χ3n) is 5.31. The van der Waals surface area contributed by atoms with Crippen molar-refractivity contribution in [3.8, 4) is 11.5 Å². The molecule has 1 aliphatic heterocycles. The zero-order chi connectivity index (χ0) is 21.4. The second kappa shape index (κ2) is 8.05. The van der Waals surface area contributed by atoms with Crippen molar-refractivity contribution in [3.05, 3.63) is 69.3 Å². The molecule has 1 amide bonds. The van der Waals surface area contributed by atoms with Crippen LogP contribution < -0.4 is 5.56 Å². The molecule has 4 heterocycles. The third kappa shape index (κ3) is 3.99. The molecule has 0 unspecified atom stereocenters. The summed E-state index contributed by atoms with van der Waals surface area (Å²) in [5.41, 5.74) is 2.12. The first-order chi connectivity index (χ1) is 15.1. The summed E-state index contributed by atoms with van der Waals surface area (Å²) in [6.45, 7) is 5.09. The van der Waals surface area contributed by atoms with E-state index in [9.17, 15) is 9.59 Å². The van der Waals surface area contributed by atoms with Crippen LogP contribution in [0.3, 0.4) is 0 Å². The van der Waals surface area contributed by atoms with Gasteiger partial charge >= 0.3 is 0 Å². The van der Waals surface area contributed by atoms with E-state index in [1.807, 2.05) is 22.4 Å². The molecule has 0 radical (unpaired) electrons. The molecule has 9 nitrogen and oxygen atoms in total. The van der Waals surface area contributed by atoms with Crippen molar-refractivity contribution < 1.29 is 9.32 Å². The zero-order valence-corrected chi connectivity index (χ0v) is 17.7. The summed E-state index contributed by atoms with van der Waals surface area (Å²) in [5.74, 6) is 1.02. The molecular formula is C21H20N6O3S. The first-order valence-electron chi connectivity index (χ1n) is 9.95. The van der Waals surface area contributed by atoms with Crippen LogP contribution in [0.5, 0.6) is 0 Å². The highest BCUT2D eigenvalue weighted by Gasteiger charge is 2.23. The number of thiazole rings is 1. The predicted molar refractivity (Wildman–Crippen MR) is 115 cm³/mol. The molecule has 0 bridgehead atoms. The number of benzene rings is 1. The number of carbonyl (C=O) groups is 1. The van der Waals surface area contributed by atoms with Gasteiger partial charge in [0.2, 0.25) is 0 Å². The van der Waals surface area contributed by atoms with Gasteiger partial charge in [0.05, 0.1) is 5.69 Å². The molecule has 10 heteroatoms. The largest absolute Gasteiger partial charge is 0.336 e. The van der Waals surface area contributed by atoms with Crippen molar-refractivity contribution in [1.29, 1.82) is 0 Å². The lowest BCUT2D eigenvalue weighted by molar-refractivity contribution is 0.0627. The smallest absolute Gasteiger partial charge is 0.258 e. The van der Waals surface area contributed by atoms with Gasteiger partial charge in [0.25, 0.3) is 17.4 Å². The fourth-order valence-electron chi connectivity index (χ4n) is 3.66. The average Bonchev–Trinajstić information content (AvgIpc) is 3.43. The number of aryl methyl sites for hydroxylation is 1. The molecule has 5 rings (SSSR count). The molecule has 0 atom stereocenters. The number of hydrogen-bond donors (Lipinski definition) is 0. The van der Waals surface area contributed by atoms with E-state index in [1.54, 1.807) is 35.7 Å². The molecule has 4 aromatic rings. The fraction of sp³-hybridized carbons (Fsp3) is 0.286. The Morgan fingerprint density at radius 3 is 2.61 bits per heavy atom. The molecule has 1 saturated heterocycles. The highest BCUT2D eigenvalue weighted by atomic mass is 32.1. The van der Waals surface area contributed by atoms with Gasteiger partial charge in [-0.15, -0.1) is 11.3 Å². The van der Waals surface area contributed by atoms with Gasteiger partial charge in [-0.2, -0.15) is 4.98 Å². The molecule has 3 aromatic heterocycles. The maximum atomic E-state index is 12.9. The summed E-state index contributed by atoms with van der Waals surface area (Å²) in [5, 5.41) is 5.64. The molecule has 158 valence electrons. The van der Waals surface area contributed by atoms with Gasteiger partial charge in [0.15, 0.2) is 10.8 Å². The van der Waals surface area contributed by atoms with Crippen LogP contribution in [-0.2, 0) is 6.54 Å². The van der Waals surface area contributed by atoms with Gasteiger partial charge in [0.1, 0.15) is 0 Å². The number of piperazine rings is 1. The van der Waals surface area contributed by atoms with Crippen molar-refractivity contribution in [3.63, 3.8) is 0 Å². The Bertz CT molecular complexity index is 1280. The Morgan fingerprint density at radius 2 is 1.90 bits per heavy atom. The number of rotatable bonds is 4. The quantitative estimate of drug-likeness (QED) is 0.483. The van der Waals surface area contributed by atoms with Crippen LogP contribution in [0.15, 0.2) is 51.2 Å². The van der Waals surface area contributed by atoms with E-state index in [0.717, 1.165) is 24.3 Å². The van der Waals surface area contributed by atoms with Gasteiger partial charge in [0, 0.05) is 61.5 Å². The normalized spacial score (nSPS) is 14.9. The molecule has 1 aromatic carbocycles. The van der Waals surface area contributed by atoms with E-state index in [-0.39, 0.29) is 11.5 Å². The Morgan fingerprint density at radius 1 is 1.13 bits per heavy atom. The lowest BCUT2D eigenvalue weighted by atomic mass is 10.1. The maximum Gasteiger partial charge on any atom is 0.258 e. The van der Waals surface area contributed by atoms with Crippen molar-refractivity contribution in [2.75, 3.05) is 26.2 Å². The van der Waals surface area contributed by atoms with Gasteiger partial charge in [-0.1, -0.05) is 5.16 Å². The highest BCUT2D eigenvalue weighted by Crippen LogP contribution is 2.19. The lowest BCUT2D eigenvalue weighted by Gasteiger charge is -2.34. The second-order valence-corrected chi connectivity index (χ2v) is 8.31. The molecule has 31 heavy (non-hydrogen) atoms. The number of carbonyl (C=O) groups excluding carboxylic acids is 1. The van der Waals surface area contributed by atoms with Gasteiger partial charge in [-0.25, -0.2) is 4.98 Å². The van der Waals surface area contributed by atoms with E-state index >= 15 is 0 Å². The molecule has 1 aliphatic rings. The molecule has 0 saturated carbocycles. The van der Waals surface area contributed by atoms with Crippen LogP contribution in [0.4, 0.5) is 0 Å². The summed E-state index contributed by atoms with van der Waals surface area (Å²) in [4.78, 5) is 38.6. The Kier molecular flexibility index (Phi) is 5.08. The van der Waals surface area contributed by atoms with Gasteiger partial charge in [-0.3, -0.25) is 18.9 Å². The van der Waals surface area contributed by atoms with Crippen LogP contribution in [0, 0.1) is 6.92 Å². The van der Waals surface area contributed by atoms with E-state index < -0.39 is 0 Å². The van der Waals surface area contributed by atoms with Crippen LogP contribution in [-0.4, -0.2) is 61.4 Å². The number of hydrogen-bond acceptors (Lipinski definition) is 8. The van der Waals surface area contributed by atoms with Crippen molar-refractivity contribution in [2.24, 2.45) is 0 Å². The lowest BCUT2D eigenvalue weighted by Crippen LogP contribution is -2.48. The molecule has 0 spiro atoms. The Balaban J connectivity index is 1.20. The van der Waals surface area contributed by atoms with Gasteiger partial charge in [-0.05, 0) is 31.2 Å². The summed E-state index contributed by atoms with van der Waals surface area (Å²) < 4.78 is 6.72. The van der Waals surface area contributed by atoms with Gasteiger partial charge < -0.3 is 9.42 Å². The summed E-state index contributed by atoms with van der Waals surface area (Å²) in [6, 6.07) is 8.81. The van der Waals surface area contributed by atoms with Crippen molar-refractivity contribution >= 4 is 22.2 Å². The van der Waals surface area contributed by atoms with Crippen molar-refractivity contribution in [2.45, 2.75) is 13.5 Å². The SMILES string of the molecule is Cc1noc(-c2ccc(C(=O)N3CCN(Cc4cc(=O)n5ccsc5n4)CC3)cc2)n1.